The predicted octanol–water partition coefficient (Wildman–Crippen LogP) is 2.44. The van der Waals surface area contributed by atoms with Gasteiger partial charge in [0.25, 0.3) is 0 Å². The lowest BCUT2D eigenvalue weighted by molar-refractivity contribution is -0.137. The van der Waals surface area contributed by atoms with Gasteiger partial charge < -0.3 is 15.4 Å². The van der Waals surface area contributed by atoms with Crippen molar-refractivity contribution in [2.45, 2.75) is 12.7 Å². The SMILES string of the molecule is NCc1ccc(ONOc2cccc(C(F)(F)F)c2)cn1. The van der Waals surface area contributed by atoms with Gasteiger partial charge in [-0.15, -0.1) is 0 Å². The zero-order valence-electron chi connectivity index (χ0n) is 10.7. The maximum atomic E-state index is 12.5. The zero-order chi connectivity index (χ0) is 15.3. The van der Waals surface area contributed by atoms with Crippen LogP contribution in [0.15, 0.2) is 42.6 Å². The van der Waals surface area contributed by atoms with Gasteiger partial charge in [-0.2, -0.15) is 13.2 Å². The Morgan fingerprint density at radius 1 is 1.10 bits per heavy atom. The average molecular weight is 299 g/mol. The standard InChI is InChI=1S/C13H12F3N3O2/c14-13(15,16)9-2-1-3-11(6-9)20-19-21-12-5-4-10(7-17)18-8-12/h1-6,8,19H,7,17H2. The van der Waals surface area contributed by atoms with Gasteiger partial charge in [-0.1, -0.05) is 6.07 Å². The van der Waals surface area contributed by atoms with Gasteiger partial charge in [0.2, 0.25) is 0 Å². The summed E-state index contributed by atoms with van der Waals surface area (Å²) >= 11 is 0. The molecule has 0 amide bonds. The Hall–Kier alpha value is -2.32. The number of aromatic nitrogens is 1. The molecule has 21 heavy (non-hydrogen) atoms. The molecule has 0 radical (unpaired) electrons. The molecule has 0 aliphatic rings. The summed E-state index contributed by atoms with van der Waals surface area (Å²) in [6.45, 7) is 0.300. The monoisotopic (exact) mass is 299 g/mol. The molecule has 2 rings (SSSR count). The van der Waals surface area contributed by atoms with Crippen LogP contribution in [0.2, 0.25) is 0 Å². The van der Waals surface area contributed by atoms with E-state index in [1.54, 1.807) is 12.1 Å². The number of hydrogen-bond donors (Lipinski definition) is 2. The van der Waals surface area contributed by atoms with Crippen LogP contribution in [-0.4, -0.2) is 4.98 Å². The quantitative estimate of drug-likeness (QED) is 0.830. The highest BCUT2D eigenvalue weighted by atomic mass is 19.4. The highest BCUT2D eigenvalue weighted by molar-refractivity contribution is 5.30. The van der Waals surface area contributed by atoms with E-state index >= 15 is 0 Å². The van der Waals surface area contributed by atoms with Crippen molar-refractivity contribution in [3.8, 4) is 11.5 Å². The van der Waals surface area contributed by atoms with E-state index in [4.69, 9.17) is 15.4 Å². The first kappa shape index (κ1) is 15.1. The summed E-state index contributed by atoms with van der Waals surface area (Å²) in [5, 5.41) is 0. The Morgan fingerprint density at radius 3 is 2.48 bits per heavy atom. The van der Waals surface area contributed by atoms with Gasteiger partial charge in [-0.25, -0.2) is 0 Å². The summed E-state index contributed by atoms with van der Waals surface area (Å²) < 4.78 is 37.5. The summed E-state index contributed by atoms with van der Waals surface area (Å²) in [6.07, 6.45) is -3.02. The van der Waals surface area contributed by atoms with E-state index in [9.17, 15) is 13.2 Å². The maximum Gasteiger partial charge on any atom is 0.416 e. The maximum absolute atomic E-state index is 12.5. The lowest BCUT2D eigenvalue weighted by Gasteiger charge is -2.10. The summed E-state index contributed by atoms with van der Waals surface area (Å²) in [6, 6.07) is 7.65. The van der Waals surface area contributed by atoms with E-state index in [2.05, 4.69) is 10.6 Å². The van der Waals surface area contributed by atoms with E-state index in [-0.39, 0.29) is 5.75 Å². The van der Waals surface area contributed by atoms with E-state index in [1.807, 2.05) is 0 Å². The summed E-state index contributed by atoms with van der Waals surface area (Å²) in [7, 11) is 0. The molecular weight excluding hydrogens is 287 g/mol. The predicted molar refractivity (Wildman–Crippen MR) is 68.0 cm³/mol. The Kier molecular flexibility index (Phi) is 4.61. The molecule has 2 aromatic rings. The molecule has 0 atom stereocenters. The number of nitrogens with two attached hydrogens (primary N) is 1. The molecule has 1 heterocycles. The van der Waals surface area contributed by atoms with Gasteiger partial charge in [0.1, 0.15) is 0 Å². The van der Waals surface area contributed by atoms with E-state index in [0.717, 1.165) is 12.1 Å². The van der Waals surface area contributed by atoms with E-state index < -0.39 is 11.7 Å². The molecule has 0 fully saturated rings. The van der Waals surface area contributed by atoms with Crippen molar-refractivity contribution < 1.29 is 22.8 Å². The molecule has 3 N–H and O–H groups in total. The third-order valence-corrected chi connectivity index (χ3v) is 2.49. The number of halogens is 3. The zero-order valence-corrected chi connectivity index (χ0v) is 10.7. The minimum atomic E-state index is -4.43. The molecule has 0 saturated carbocycles. The molecule has 0 saturated heterocycles. The number of alkyl halides is 3. The lowest BCUT2D eigenvalue weighted by atomic mass is 10.2. The number of benzene rings is 1. The van der Waals surface area contributed by atoms with Crippen LogP contribution in [0, 0.1) is 0 Å². The molecule has 112 valence electrons. The fourth-order valence-corrected chi connectivity index (χ4v) is 1.45. The molecule has 1 aromatic carbocycles. The van der Waals surface area contributed by atoms with Gasteiger partial charge >= 0.3 is 6.18 Å². The summed E-state index contributed by atoms with van der Waals surface area (Å²) in [4.78, 5) is 13.8. The molecular formula is C13H12F3N3O2. The molecule has 0 spiro atoms. The largest absolute Gasteiger partial charge is 0.416 e. The van der Waals surface area contributed by atoms with Crippen molar-refractivity contribution in [3.63, 3.8) is 0 Å². The van der Waals surface area contributed by atoms with Gasteiger partial charge in [0.15, 0.2) is 11.5 Å². The van der Waals surface area contributed by atoms with Crippen molar-refractivity contribution in [1.29, 1.82) is 0 Å². The van der Waals surface area contributed by atoms with E-state index in [1.165, 1.54) is 18.3 Å². The lowest BCUT2D eigenvalue weighted by Crippen LogP contribution is -2.23. The second-order valence-electron chi connectivity index (χ2n) is 4.00. The van der Waals surface area contributed by atoms with Crippen LogP contribution in [0.4, 0.5) is 13.2 Å². The fraction of sp³-hybridized carbons (Fsp3) is 0.154. The van der Waals surface area contributed by atoms with Crippen molar-refractivity contribution in [2.75, 3.05) is 0 Å². The van der Waals surface area contributed by atoms with Crippen molar-refractivity contribution in [1.82, 2.24) is 10.6 Å². The van der Waals surface area contributed by atoms with Crippen LogP contribution in [0.1, 0.15) is 11.3 Å². The third kappa shape index (κ3) is 4.33. The second kappa shape index (κ2) is 6.42. The number of nitrogens with zero attached hydrogens (tertiary/aromatic N) is 1. The Labute approximate surface area is 118 Å². The molecule has 0 bridgehead atoms. The van der Waals surface area contributed by atoms with Crippen molar-refractivity contribution in [3.05, 3.63) is 53.9 Å². The Bertz CT molecular complexity index is 588. The van der Waals surface area contributed by atoms with Gasteiger partial charge in [0.05, 0.1) is 17.5 Å². The van der Waals surface area contributed by atoms with Gasteiger partial charge in [0, 0.05) is 12.2 Å². The highest BCUT2D eigenvalue weighted by Crippen LogP contribution is 2.31. The number of hydrogen-bond acceptors (Lipinski definition) is 5. The van der Waals surface area contributed by atoms with Crippen molar-refractivity contribution >= 4 is 0 Å². The molecule has 5 nitrogen and oxygen atoms in total. The Balaban J connectivity index is 1.91. The van der Waals surface area contributed by atoms with Crippen LogP contribution >= 0.6 is 0 Å². The minimum absolute atomic E-state index is 0.0311. The summed E-state index contributed by atoms with van der Waals surface area (Å²) in [5.74, 6) is 0.301. The molecule has 1 aromatic heterocycles. The van der Waals surface area contributed by atoms with Crippen LogP contribution in [-0.2, 0) is 12.7 Å². The normalized spacial score (nSPS) is 11.2. The van der Waals surface area contributed by atoms with Crippen molar-refractivity contribution in [2.24, 2.45) is 5.73 Å². The number of rotatable bonds is 5. The summed E-state index contributed by atoms with van der Waals surface area (Å²) in [5.41, 5.74) is 7.36. The first-order valence-corrected chi connectivity index (χ1v) is 5.90. The van der Waals surface area contributed by atoms with Crippen LogP contribution in [0.5, 0.6) is 11.5 Å². The molecule has 0 aliphatic heterocycles. The van der Waals surface area contributed by atoms with Crippen LogP contribution in [0.3, 0.4) is 0 Å². The van der Waals surface area contributed by atoms with E-state index in [0.29, 0.717) is 18.0 Å². The average Bonchev–Trinajstić information content (AvgIpc) is 2.47. The topological polar surface area (TPSA) is 69.4 Å². The first-order chi connectivity index (χ1) is 9.99. The fourth-order valence-electron chi connectivity index (χ4n) is 1.45. The molecule has 8 heteroatoms. The smallest absolute Gasteiger partial charge is 0.374 e. The van der Waals surface area contributed by atoms with Gasteiger partial charge in [-0.05, 0) is 30.3 Å². The van der Waals surface area contributed by atoms with Gasteiger partial charge in [-0.3, -0.25) is 4.98 Å². The first-order valence-electron chi connectivity index (χ1n) is 5.90. The minimum Gasteiger partial charge on any atom is -0.374 e. The van der Waals surface area contributed by atoms with Crippen LogP contribution < -0.4 is 21.1 Å². The number of pyridine rings is 1. The number of nitrogens with one attached hydrogen (secondary N) is 1. The second-order valence-corrected chi connectivity index (χ2v) is 4.00. The highest BCUT2D eigenvalue weighted by Gasteiger charge is 2.30. The molecule has 0 unspecified atom stereocenters. The Morgan fingerprint density at radius 2 is 1.86 bits per heavy atom. The van der Waals surface area contributed by atoms with Crippen LogP contribution in [0.25, 0.3) is 0 Å². The third-order valence-electron chi connectivity index (χ3n) is 2.49. The molecule has 0 aliphatic carbocycles.